The Bertz CT molecular complexity index is 505. The predicted octanol–water partition coefficient (Wildman–Crippen LogP) is 1.65. The number of amides is 1. The molecule has 7 heteroatoms. The minimum atomic E-state index is -1.77. The number of carbonyl (C=O) groups is 2. The van der Waals surface area contributed by atoms with E-state index in [4.69, 9.17) is 5.11 Å². The van der Waals surface area contributed by atoms with Crippen LogP contribution in [-0.2, 0) is 4.79 Å². The molecule has 1 aromatic carbocycles. The maximum atomic E-state index is 13.3. The quantitative estimate of drug-likeness (QED) is 0.842. The molecule has 0 aliphatic rings. The number of carboxylic acid groups (broad SMARTS) is 1. The molecule has 0 heterocycles. The highest BCUT2D eigenvalue weighted by molar-refractivity contribution is 5.96. The smallest absolute Gasteiger partial charge is 0.326 e. The van der Waals surface area contributed by atoms with Crippen LogP contribution in [0, 0.1) is 17.5 Å². The first kappa shape index (κ1) is 14.0. The molecular weight excluding hydrogens is 251 g/mol. The van der Waals surface area contributed by atoms with Gasteiger partial charge in [0.25, 0.3) is 5.91 Å². The molecule has 0 saturated heterocycles. The standard InChI is InChI=1S/C11H10F3NO3/c1-5(11(17)18)15(2)10(16)6-3-4-7(12)9(14)8(6)13/h3-5H,1-2H3,(H,17,18). The number of carboxylic acids is 1. The Kier molecular flexibility index (Phi) is 3.95. The molecular formula is C11H10F3NO3. The fourth-order valence-corrected chi connectivity index (χ4v) is 1.22. The average Bonchev–Trinajstić information content (AvgIpc) is 2.33. The summed E-state index contributed by atoms with van der Waals surface area (Å²) in [5.74, 6) is -7.16. The van der Waals surface area contributed by atoms with Gasteiger partial charge in [0.1, 0.15) is 6.04 Å². The predicted molar refractivity (Wildman–Crippen MR) is 55.5 cm³/mol. The maximum Gasteiger partial charge on any atom is 0.326 e. The minimum Gasteiger partial charge on any atom is -0.480 e. The number of rotatable bonds is 3. The second-order valence-electron chi connectivity index (χ2n) is 3.65. The van der Waals surface area contributed by atoms with E-state index < -0.39 is 40.9 Å². The van der Waals surface area contributed by atoms with E-state index in [0.717, 1.165) is 18.0 Å². The molecule has 18 heavy (non-hydrogen) atoms. The van der Waals surface area contributed by atoms with E-state index in [-0.39, 0.29) is 0 Å². The lowest BCUT2D eigenvalue weighted by atomic mass is 10.1. The molecule has 0 aliphatic carbocycles. The van der Waals surface area contributed by atoms with Gasteiger partial charge in [-0.05, 0) is 19.1 Å². The number of hydrogen-bond acceptors (Lipinski definition) is 2. The third-order valence-corrected chi connectivity index (χ3v) is 2.52. The summed E-state index contributed by atoms with van der Waals surface area (Å²) in [6.45, 7) is 1.21. The topological polar surface area (TPSA) is 57.6 Å². The van der Waals surface area contributed by atoms with Gasteiger partial charge in [-0.15, -0.1) is 0 Å². The van der Waals surface area contributed by atoms with Crippen LogP contribution in [-0.4, -0.2) is 35.0 Å². The largest absolute Gasteiger partial charge is 0.480 e. The van der Waals surface area contributed by atoms with Crippen molar-refractivity contribution >= 4 is 11.9 Å². The number of nitrogens with zero attached hydrogens (tertiary/aromatic N) is 1. The highest BCUT2D eigenvalue weighted by Crippen LogP contribution is 2.17. The lowest BCUT2D eigenvalue weighted by Crippen LogP contribution is -2.40. The first-order valence-electron chi connectivity index (χ1n) is 4.90. The summed E-state index contributed by atoms with van der Waals surface area (Å²) in [5, 5.41) is 8.69. The van der Waals surface area contributed by atoms with Gasteiger partial charge >= 0.3 is 5.97 Å². The Labute approximate surface area is 101 Å². The lowest BCUT2D eigenvalue weighted by molar-refractivity contribution is -0.141. The molecule has 98 valence electrons. The van der Waals surface area contributed by atoms with Crippen LogP contribution in [0.2, 0.25) is 0 Å². The number of halogens is 3. The maximum absolute atomic E-state index is 13.3. The van der Waals surface area contributed by atoms with Gasteiger partial charge < -0.3 is 10.0 Å². The molecule has 1 unspecified atom stereocenters. The summed E-state index contributed by atoms with van der Waals surface area (Å²) in [6.07, 6.45) is 0. The average molecular weight is 261 g/mol. The zero-order chi connectivity index (χ0) is 14.0. The van der Waals surface area contributed by atoms with Crippen molar-refractivity contribution in [3.05, 3.63) is 35.1 Å². The molecule has 1 N–H and O–H groups in total. The van der Waals surface area contributed by atoms with E-state index in [1.54, 1.807) is 0 Å². The zero-order valence-electron chi connectivity index (χ0n) is 9.58. The molecule has 0 aliphatic heterocycles. The molecule has 0 spiro atoms. The fraction of sp³-hybridized carbons (Fsp3) is 0.273. The van der Waals surface area contributed by atoms with E-state index in [0.29, 0.717) is 6.07 Å². The van der Waals surface area contributed by atoms with Crippen LogP contribution in [0.5, 0.6) is 0 Å². The number of likely N-dealkylation sites (N-methyl/N-ethyl adjacent to an activating group) is 1. The van der Waals surface area contributed by atoms with Crippen molar-refractivity contribution in [3.63, 3.8) is 0 Å². The summed E-state index contributed by atoms with van der Waals surface area (Å²) in [5.41, 5.74) is -0.718. The third kappa shape index (κ3) is 2.44. The highest BCUT2D eigenvalue weighted by Gasteiger charge is 2.26. The van der Waals surface area contributed by atoms with Crippen LogP contribution >= 0.6 is 0 Å². The first-order chi connectivity index (χ1) is 8.27. The molecule has 1 atom stereocenters. The molecule has 1 amide bonds. The van der Waals surface area contributed by atoms with Crippen LogP contribution in [0.1, 0.15) is 17.3 Å². The summed E-state index contributed by atoms with van der Waals surface area (Å²) in [6, 6.07) is 0.150. The Morgan fingerprint density at radius 1 is 1.22 bits per heavy atom. The summed E-state index contributed by atoms with van der Waals surface area (Å²) >= 11 is 0. The highest BCUT2D eigenvalue weighted by atomic mass is 19.2. The molecule has 1 rings (SSSR count). The van der Waals surface area contributed by atoms with Gasteiger partial charge in [0.15, 0.2) is 17.5 Å². The molecule has 0 saturated carbocycles. The van der Waals surface area contributed by atoms with Crippen molar-refractivity contribution in [2.45, 2.75) is 13.0 Å². The van der Waals surface area contributed by atoms with E-state index in [1.807, 2.05) is 0 Å². The van der Waals surface area contributed by atoms with Crippen molar-refractivity contribution in [2.75, 3.05) is 7.05 Å². The van der Waals surface area contributed by atoms with Crippen LogP contribution < -0.4 is 0 Å². The van der Waals surface area contributed by atoms with Crippen LogP contribution in [0.25, 0.3) is 0 Å². The second kappa shape index (κ2) is 5.07. The van der Waals surface area contributed by atoms with Crippen molar-refractivity contribution < 1.29 is 27.9 Å². The zero-order valence-corrected chi connectivity index (χ0v) is 9.58. The molecule has 0 bridgehead atoms. The van der Waals surface area contributed by atoms with Gasteiger partial charge in [-0.1, -0.05) is 0 Å². The monoisotopic (exact) mass is 261 g/mol. The molecule has 0 aromatic heterocycles. The summed E-state index contributed by atoms with van der Waals surface area (Å²) in [4.78, 5) is 23.1. The van der Waals surface area contributed by atoms with Crippen molar-refractivity contribution in [1.82, 2.24) is 4.90 Å². The van der Waals surface area contributed by atoms with Gasteiger partial charge in [-0.2, -0.15) is 0 Å². The SMILES string of the molecule is CC(C(=O)O)N(C)C(=O)c1ccc(F)c(F)c1F. The Morgan fingerprint density at radius 2 is 1.78 bits per heavy atom. The number of hydrogen-bond donors (Lipinski definition) is 1. The normalized spacial score (nSPS) is 12.1. The molecule has 0 fully saturated rings. The number of aliphatic carboxylic acids is 1. The molecule has 4 nitrogen and oxygen atoms in total. The van der Waals surface area contributed by atoms with Gasteiger partial charge in [-0.3, -0.25) is 4.79 Å². The molecule has 1 aromatic rings. The number of benzene rings is 1. The van der Waals surface area contributed by atoms with E-state index in [1.165, 1.54) is 6.92 Å². The van der Waals surface area contributed by atoms with Crippen molar-refractivity contribution in [2.24, 2.45) is 0 Å². The van der Waals surface area contributed by atoms with Crippen LogP contribution in [0.4, 0.5) is 13.2 Å². The lowest BCUT2D eigenvalue weighted by Gasteiger charge is -2.21. The van der Waals surface area contributed by atoms with Gasteiger partial charge in [0.2, 0.25) is 0 Å². The van der Waals surface area contributed by atoms with Crippen molar-refractivity contribution in [1.29, 1.82) is 0 Å². The molecule has 0 radical (unpaired) electrons. The second-order valence-corrected chi connectivity index (χ2v) is 3.65. The van der Waals surface area contributed by atoms with Gasteiger partial charge in [0.05, 0.1) is 5.56 Å². The Morgan fingerprint density at radius 3 is 2.28 bits per heavy atom. The Balaban J connectivity index is 3.12. The summed E-state index contributed by atoms with van der Waals surface area (Å²) in [7, 11) is 1.13. The minimum absolute atomic E-state index is 0.602. The van der Waals surface area contributed by atoms with Gasteiger partial charge in [-0.25, -0.2) is 18.0 Å². The van der Waals surface area contributed by atoms with E-state index in [2.05, 4.69) is 0 Å². The van der Waals surface area contributed by atoms with E-state index >= 15 is 0 Å². The van der Waals surface area contributed by atoms with Gasteiger partial charge in [0, 0.05) is 7.05 Å². The number of carbonyl (C=O) groups excluding carboxylic acids is 1. The third-order valence-electron chi connectivity index (χ3n) is 2.52. The van der Waals surface area contributed by atoms with E-state index in [9.17, 15) is 22.8 Å². The van der Waals surface area contributed by atoms with Crippen LogP contribution in [0.3, 0.4) is 0 Å². The first-order valence-corrected chi connectivity index (χ1v) is 4.90. The van der Waals surface area contributed by atoms with Crippen molar-refractivity contribution in [3.8, 4) is 0 Å². The van der Waals surface area contributed by atoms with Crippen LogP contribution in [0.15, 0.2) is 12.1 Å². The summed E-state index contributed by atoms with van der Waals surface area (Å²) < 4.78 is 38.9. The fourth-order valence-electron chi connectivity index (χ4n) is 1.22. The Hall–Kier alpha value is -2.05.